The van der Waals surface area contributed by atoms with Crippen LogP contribution >= 0.6 is 0 Å². The maximum Gasteiger partial charge on any atom is 0.358 e. The van der Waals surface area contributed by atoms with Gasteiger partial charge in [-0.1, -0.05) is 30.3 Å². The number of aryl methyl sites for hydroxylation is 1. The molecule has 0 bridgehead atoms. The average Bonchev–Trinajstić information content (AvgIpc) is 3.43. The van der Waals surface area contributed by atoms with Crippen molar-refractivity contribution in [3.63, 3.8) is 0 Å². The minimum Gasteiger partial charge on any atom is -0.497 e. The summed E-state index contributed by atoms with van der Waals surface area (Å²) < 4.78 is 12.2. The molecule has 1 aromatic heterocycles. The minimum atomic E-state index is -0.458. The van der Waals surface area contributed by atoms with Crippen LogP contribution in [0.5, 0.6) is 5.75 Å². The maximum absolute atomic E-state index is 13.0. The van der Waals surface area contributed by atoms with Crippen LogP contribution in [0, 0.1) is 6.92 Å². The monoisotopic (exact) mass is 524 g/mol. The van der Waals surface area contributed by atoms with Crippen LogP contribution < -0.4 is 9.64 Å². The highest BCUT2D eigenvalue weighted by atomic mass is 16.5. The average molecular weight is 525 g/mol. The number of hydrogen-bond donors (Lipinski definition) is 0. The van der Waals surface area contributed by atoms with Gasteiger partial charge in [0.05, 0.1) is 25.1 Å². The van der Waals surface area contributed by atoms with E-state index in [0.717, 1.165) is 52.6 Å². The van der Waals surface area contributed by atoms with E-state index in [1.807, 2.05) is 72.5 Å². The molecule has 8 heteroatoms. The molecular weight excluding hydrogens is 492 g/mol. The molecular formula is C31H32N4O4. The van der Waals surface area contributed by atoms with Crippen molar-refractivity contribution in [1.29, 1.82) is 0 Å². The van der Waals surface area contributed by atoms with E-state index in [1.54, 1.807) is 24.8 Å². The Bertz CT molecular complexity index is 1450. The Kier molecular flexibility index (Phi) is 7.63. The van der Waals surface area contributed by atoms with Crippen molar-refractivity contribution in [1.82, 2.24) is 14.7 Å². The Hall–Kier alpha value is -4.59. The van der Waals surface area contributed by atoms with Gasteiger partial charge in [0, 0.05) is 43.0 Å². The van der Waals surface area contributed by atoms with Crippen LogP contribution in [0.3, 0.4) is 0 Å². The largest absolute Gasteiger partial charge is 0.497 e. The zero-order valence-electron chi connectivity index (χ0n) is 22.5. The Morgan fingerprint density at radius 1 is 0.872 bits per heavy atom. The summed E-state index contributed by atoms with van der Waals surface area (Å²) in [5, 5.41) is 4.55. The second-order valence-corrected chi connectivity index (χ2v) is 9.39. The number of carbonyl (C=O) groups is 2. The molecule has 0 unspecified atom stereocenters. The lowest BCUT2D eigenvalue weighted by atomic mass is 10.1. The molecule has 200 valence electrons. The van der Waals surface area contributed by atoms with Gasteiger partial charge in [-0.3, -0.25) is 4.79 Å². The van der Waals surface area contributed by atoms with Crippen LogP contribution in [0.25, 0.3) is 16.9 Å². The third kappa shape index (κ3) is 5.50. The maximum atomic E-state index is 13.0. The normalized spacial score (nSPS) is 13.3. The topological polar surface area (TPSA) is 76.9 Å². The van der Waals surface area contributed by atoms with Crippen molar-refractivity contribution in [2.24, 2.45) is 0 Å². The lowest BCUT2D eigenvalue weighted by Gasteiger charge is -2.36. The number of rotatable bonds is 7. The first-order valence-corrected chi connectivity index (χ1v) is 13.1. The molecule has 8 nitrogen and oxygen atoms in total. The molecule has 1 amide bonds. The smallest absolute Gasteiger partial charge is 0.358 e. The van der Waals surface area contributed by atoms with E-state index < -0.39 is 5.97 Å². The molecule has 0 atom stereocenters. The van der Waals surface area contributed by atoms with Gasteiger partial charge in [-0.2, -0.15) is 5.10 Å². The van der Waals surface area contributed by atoms with E-state index in [4.69, 9.17) is 9.47 Å². The molecule has 4 aromatic rings. The van der Waals surface area contributed by atoms with Gasteiger partial charge < -0.3 is 19.3 Å². The van der Waals surface area contributed by atoms with Crippen LogP contribution in [0.2, 0.25) is 0 Å². The number of nitrogens with zero attached hydrogens (tertiary/aromatic N) is 4. The highest BCUT2D eigenvalue weighted by Gasteiger charge is 2.24. The zero-order chi connectivity index (χ0) is 27.4. The number of amides is 1. The number of anilines is 1. The lowest BCUT2D eigenvalue weighted by Crippen LogP contribution is -2.48. The van der Waals surface area contributed by atoms with Gasteiger partial charge in [0.1, 0.15) is 5.75 Å². The van der Waals surface area contributed by atoms with Gasteiger partial charge in [0.25, 0.3) is 5.91 Å². The Labute approximate surface area is 228 Å². The van der Waals surface area contributed by atoms with Gasteiger partial charge in [0.2, 0.25) is 0 Å². The van der Waals surface area contributed by atoms with E-state index in [1.165, 1.54) is 0 Å². The second kappa shape index (κ2) is 11.4. The van der Waals surface area contributed by atoms with Gasteiger partial charge in [0.15, 0.2) is 5.69 Å². The minimum absolute atomic E-state index is 0.0901. The number of carbonyl (C=O) groups excluding carboxylic acids is 2. The molecule has 1 aliphatic heterocycles. The van der Waals surface area contributed by atoms with Gasteiger partial charge in [-0.15, -0.1) is 0 Å². The second-order valence-electron chi connectivity index (χ2n) is 9.39. The SMILES string of the molecule is CCOC(=O)c1cc(-c2ccc(N3CCN(C(=O)c4ccccc4C)CC3)cc2)n(-c2ccc(OC)cc2)n1. The van der Waals surface area contributed by atoms with Crippen molar-refractivity contribution in [3.8, 4) is 22.7 Å². The number of benzene rings is 3. The van der Waals surface area contributed by atoms with Crippen LogP contribution in [-0.4, -0.2) is 66.5 Å². The molecule has 0 aliphatic carbocycles. The first kappa shape index (κ1) is 26.0. The van der Waals surface area contributed by atoms with E-state index >= 15 is 0 Å². The summed E-state index contributed by atoms with van der Waals surface area (Å²) in [5.74, 6) is 0.371. The first-order chi connectivity index (χ1) is 19.0. The van der Waals surface area contributed by atoms with Crippen molar-refractivity contribution in [3.05, 3.63) is 95.7 Å². The number of ether oxygens (including phenoxy) is 2. The van der Waals surface area contributed by atoms with Gasteiger partial charge in [-0.25, -0.2) is 9.48 Å². The molecule has 5 rings (SSSR count). The summed E-state index contributed by atoms with van der Waals surface area (Å²) in [6, 6.07) is 25.2. The highest BCUT2D eigenvalue weighted by Crippen LogP contribution is 2.28. The van der Waals surface area contributed by atoms with Crippen LogP contribution in [-0.2, 0) is 4.74 Å². The highest BCUT2D eigenvalue weighted by molar-refractivity contribution is 5.95. The number of piperazine rings is 1. The van der Waals surface area contributed by atoms with Crippen LogP contribution in [0.15, 0.2) is 78.9 Å². The summed E-state index contributed by atoms with van der Waals surface area (Å²) in [6.07, 6.45) is 0. The van der Waals surface area contributed by atoms with Gasteiger partial charge >= 0.3 is 5.97 Å². The molecule has 1 aliphatic rings. The molecule has 0 saturated carbocycles. The Morgan fingerprint density at radius 2 is 1.54 bits per heavy atom. The van der Waals surface area contributed by atoms with E-state index in [9.17, 15) is 9.59 Å². The van der Waals surface area contributed by atoms with Crippen molar-refractivity contribution >= 4 is 17.6 Å². The summed E-state index contributed by atoms with van der Waals surface area (Å²) in [4.78, 5) is 29.7. The van der Waals surface area contributed by atoms with E-state index in [0.29, 0.717) is 13.1 Å². The molecule has 0 radical (unpaired) electrons. The number of hydrogen-bond acceptors (Lipinski definition) is 6. The molecule has 1 fully saturated rings. The summed E-state index contributed by atoms with van der Waals surface area (Å²) in [5.41, 5.74) is 5.62. The number of aromatic nitrogens is 2. The third-order valence-corrected chi connectivity index (χ3v) is 6.98. The van der Waals surface area contributed by atoms with Crippen LogP contribution in [0.1, 0.15) is 33.3 Å². The Morgan fingerprint density at radius 3 is 2.18 bits per heavy atom. The summed E-state index contributed by atoms with van der Waals surface area (Å²) in [6.45, 7) is 6.88. The fourth-order valence-electron chi connectivity index (χ4n) is 4.81. The molecule has 3 aromatic carbocycles. The van der Waals surface area contributed by atoms with Crippen molar-refractivity contribution in [2.45, 2.75) is 13.8 Å². The fraction of sp³-hybridized carbons (Fsp3) is 0.258. The molecule has 0 spiro atoms. The van der Waals surface area contributed by atoms with Crippen LogP contribution in [0.4, 0.5) is 5.69 Å². The number of esters is 1. The number of methoxy groups -OCH3 is 1. The molecule has 1 saturated heterocycles. The molecule has 39 heavy (non-hydrogen) atoms. The van der Waals surface area contributed by atoms with E-state index in [2.05, 4.69) is 22.1 Å². The quantitative estimate of drug-likeness (QED) is 0.317. The first-order valence-electron chi connectivity index (χ1n) is 13.1. The summed E-state index contributed by atoms with van der Waals surface area (Å²) >= 11 is 0. The van der Waals surface area contributed by atoms with E-state index in [-0.39, 0.29) is 18.2 Å². The molecule has 0 N–H and O–H groups in total. The third-order valence-electron chi connectivity index (χ3n) is 6.98. The zero-order valence-corrected chi connectivity index (χ0v) is 22.5. The predicted octanol–water partition coefficient (Wildman–Crippen LogP) is 5.00. The Balaban J connectivity index is 1.34. The fourth-order valence-corrected chi connectivity index (χ4v) is 4.81. The van der Waals surface area contributed by atoms with Crippen molar-refractivity contribution in [2.75, 3.05) is 44.8 Å². The van der Waals surface area contributed by atoms with Gasteiger partial charge in [-0.05, 0) is 67.9 Å². The lowest BCUT2D eigenvalue weighted by molar-refractivity contribution is 0.0518. The molecule has 2 heterocycles. The predicted molar refractivity (Wildman–Crippen MR) is 151 cm³/mol. The summed E-state index contributed by atoms with van der Waals surface area (Å²) in [7, 11) is 1.62. The van der Waals surface area contributed by atoms with Crippen molar-refractivity contribution < 1.29 is 19.1 Å². The standard InChI is InChI=1S/C31H32N4O4/c1-4-39-31(37)28-21-29(35(32-28)25-13-15-26(38-3)16-14-25)23-9-11-24(12-10-23)33-17-19-34(20-18-33)30(36)27-8-6-5-7-22(27)2/h5-16,21H,4,17-20H2,1-3H3.